The average molecular weight is 172 g/mol. The Hall–Kier alpha value is 0.350. The summed E-state index contributed by atoms with van der Waals surface area (Å²) >= 11 is 0. The van der Waals surface area contributed by atoms with Gasteiger partial charge in [-0.3, -0.25) is 0 Å². The van der Waals surface area contributed by atoms with Gasteiger partial charge in [-0.1, -0.05) is 0 Å². The van der Waals surface area contributed by atoms with Crippen LogP contribution in [-0.2, 0) is 4.79 Å². The summed E-state index contributed by atoms with van der Waals surface area (Å²) in [4.78, 5) is 10.1. The first-order valence-electron chi connectivity index (χ1n) is 2.67. The predicted octanol–water partition coefficient (Wildman–Crippen LogP) is -6.30. The largest absolute Gasteiger partial charge is 1.00 e. The van der Waals surface area contributed by atoms with Gasteiger partial charge in [-0.15, -0.1) is 0 Å². The maximum atomic E-state index is 10.1. The SMILES string of the molecule is O=C([O-])C(CO)(CO)CO.[Na+]. The minimum atomic E-state index is -1.90. The number of hydrogen-bond donors (Lipinski definition) is 3. The van der Waals surface area contributed by atoms with E-state index in [-0.39, 0.29) is 29.6 Å². The van der Waals surface area contributed by atoms with Crippen LogP contribution in [0.3, 0.4) is 0 Å². The molecule has 0 rings (SSSR count). The Kier molecular flexibility index (Phi) is 7.50. The van der Waals surface area contributed by atoms with E-state index in [1.165, 1.54) is 0 Å². The van der Waals surface area contributed by atoms with E-state index in [0.717, 1.165) is 0 Å². The molecule has 0 aromatic heterocycles. The van der Waals surface area contributed by atoms with Crippen molar-refractivity contribution >= 4 is 5.97 Å². The molecule has 0 heterocycles. The molecule has 0 saturated carbocycles. The van der Waals surface area contributed by atoms with Crippen molar-refractivity contribution < 1.29 is 54.8 Å². The third-order valence-electron chi connectivity index (χ3n) is 1.34. The van der Waals surface area contributed by atoms with Crippen molar-refractivity contribution in [2.45, 2.75) is 0 Å². The van der Waals surface area contributed by atoms with Gasteiger partial charge in [0.25, 0.3) is 0 Å². The second-order valence-corrected chi connectivity index (χ2v) is 2.04. The van der Waals surface area contributed by atoms with E-state index in [2.05, 4.69) is 0 Å². The summed E-state index contributed by atoms with van der Waals surface area (Å²) in [5, 5.41) is 35.3. The van der Waals surface area contributed by atoms with E-state index < -0.39 is 31.2 Å². The zero-order chi connectivity index (χ0) is 8.20. The molecular weight excluding hydrogens is 163 g/mol. The van der Waals surface area contributed by atoms with E-state index >= 15 is 0 Å². The first kappa shape index (κ1) is 13.9. The number of hydrogen-bond acceptors (Lipinski definition) is 5. The molecule has 6 heteroatoms. The van der Waals surface area contributed by atoms with Gasteiger partial charge in [0.05, 0.1) is 31.2 Å². The van der Waals surface area contributed by atoms with Gasteiger partial charge < -0.3 is 25.2 Å². The van der Waals surface area contributed by atoms with Gasteiger partial charge in [0.2, 0.25) is 0 Å². The molecule has 11 heavy (non-hydrogen) atoms. The van der Waals surface area contributed by atoms with Crippen LogP contribution in [0.15, 0.2) is 0 Å². The van der Waals surface area contributed by atoms with Crippen molar-refractivity contribution in [3.05, 3.63) is 0 Å². The van der Waals surface area contributed by atoms with Crippen molar-refractivity contribution in [1.29, 1.82) is 0 Å². The molecular formula is C5H9NaO5. The monoisotopic (exact) mass is 172 g/mol. The summed E-state index contributed by atoms with van der Waals surface area (Å²) in [6.07, 6.45) is 0. The zero-order valence-electron chi connectivity index (χ0n) is 6.28. The van der Waals surface area contributed by atoms with Crippen molar-refractivity contribution in [1.82, 2.24) is 0 Å². The fourth-order valence-corrected chi connectivity index (χ4v) is 0.344. The smallest absolute Gasteiger partial charge is 0.549 e. The second kappa shape index (κ2) is 5.93. The van der Waals surface area contributed by atoms with Crippen LogP contribution < -0.4 is 34.7 Å². The maximum Gasteiger partial charge on any atom is 1.00 e. The Balaban J connectivity index is 0. The average Bonchev–Trinajstić information content (AvgIpc) is 1.92. The third-order valence-corrected chi connectivity index (χ3v) is 1.34. The van der Waals surface area contributed by atoms with Crippen molar-refractivity contribution in [3.8, 4) is 0 Å². The van der Waals surface area contributed by atoms with E-state index in [0.29, 0.717) is 0 Å². The Morgan fingerprint density at radius 3 is 1.45 bits per heavy atom. The van der Waals surface area contributed by atoms with Gasteiger partial charge in [0.15, 0.2) is 0 Å². The molecule has 0 radical (unpaired) electrons. The number of aliphatic hydroxyl groups is 3. The Labute approximate surface area is 86.0 Å². The van der Waals surface area contributed by atoms with E-state index in [1.807, 2.05) is 0 Å². The van der Waals surface area contributed by atoms with Crippen LogP contribution in [0.4, 0.5) is 0 Å². The number of aliphatic hydroxyl groups excluding tert-OH is 3. The molecule has 0 spiro atoms. The number of carboxylic acid groups (broad SMARTS) is 1. The molecule has 0 atom stereocenters. The van der Waals surface area contributed by atoms with Crippen molar-refractivity contribution in [3.63, 3.8) is 0 Å². The third kappa shape index (κ3) is 3.06. The van der Waals surface area contributed by atoms with Gasteiger partial charge in [-0.05, 0) is 0 Å². The molecule has 0 aromatic carbocycles. The molecule has 60 valence electrons. The quantitative estimate of drug-likeness (QED) is 0.366. The second-order valence-electron chi connectivity index (χ2n) is 2.04. The normalized spacial score (nSPS) is 10.5. The van der Waals surface area contributed by atoms with Gasteiger partial charge in [0, 0.05) is 0 Å². The number of rotatable bonds is 4. The van der Waals surface area contributed by atoms with Crippen LogP contribution in [-0.4, -0.2) is 41.1 Å². The Morgan fingerprint density at radius 1 is 1.18 bits per heavy atom. The minimum Gasteiger partial charge on any atom is -0.549 e. The van der Waals surface area contributed by atoms with Crippen LogP contribution >= 0.6 is 0 Å². The summed E-state index contributed by atoms with van der Waals surface area (Å²) in [5.74, 6) is -1.65. The Morgan fingerprint density at radius 2 is 1.45 bits per heavy atom. The summed E-state index contributed by atoms with van der Waals surface area (Å²) < 4.78 is 0. The van der Waals surface area contributed by atoms with E-state index in [9.17, 15) is 9.90 Å². The Bertz CT molecular complexity index is 114. The van der Waals surface area contributed by atoms with Crippen LogP contribution in [0, 0.1) is 5.41 Å². The van der Waals surface area contributed by atoms with E-state index in [4.69, 9.17) is 15.3 Å². The topological polar surface area (TPSA) is 101 Å². The molecule has 0 aromatic rings. The summed E-state index contributed by atoms with van der Waals surface area (Å²) in [7, 11) is 0. The molecule has 0 saturated heterocycles. The first-order chi connectivity index (χ1) is 4.63. The maximum absolute atomic E-state index is 10.1. The van der Waals surface area contributed by atoms with Gasteiger partial charge in [-0.25, -0.2) is 0 Å². The number of carbonyl (C=O) groups excluding carboxylic acids is 1. The fourth-order valence-electron chi connectivity index (χ4n) is 0.344. The predicted molar refractivity (Wildman–Crippen MR) is 28.7 cm³/mol. The molecule has 0 fully saturated rings. The minimum absolute atomic E-state index is 0. The molecule has 0 amide bonds. The molecule has 0 aliphatic carbocycles. The van der Waals surface area contributed by atoms with Crippen molar-refractivity contribution in [2.24, 2.45) is 5.41 Å². The molecule has 0 bridgehead atoms. The number of aliphatic carboxylic acids is 1. The molecule has 0 aliphatic rings. The van der Waals surface area contributed by atoms with Crippen molar-refractivity contribution in [2.75, 3.05) is 19.8 Å². The van der Waals surface area contributed by atoms with E-state index in [1.54, 1.807) is 0 Å². The number of carboxylic acids is 1. The molecule has 3 N–H and O–H groups in total. The zero-order valence-corrected chi connectivity index (χ0v) is 8.28. The molecule has 0 unspecified atom stereocenters. The van der Waals surface area contributed by atoms with Crippen LogP contribution in [0.5, 0.6) is 0 Å². The fraction of sp³-hybridized carbons (Fsp3) is 0.800. The van der Waals surface area contributed by atoms with Crippen LogP contribution in [0.25, 0.3) is 0 Å². The summed E-state index contributed by atoms with van der Waals surface area (Å²) in [6.45, 7) is -2.49. The summed E-state index contributed by atoms with van der Waals surface area (Å²) in [6, 6.07) is 0. The van der Waals surface area contributed by atoms with Gasteiger partial charge >= 0.3 is 29.6 Å². The van der Waals surface area contributed by atoms with Crippen LogP contribution in [0.1, 0.15) is 0 Å². The number of carbonyl (C=O) groups is 1. The van der Waals surface area contributed by atoms with Gasteiger partial charge in [0.1, 0.15) is 0 Å². The van der Waals surface area contributed by atoms with Gasteiger partial charge in [-0.2, -0.15) is 0 Å². The molecule has 0 aliphatic heterocycles. The standard InChI is InChI=1S/C5H10O5.Na/c6-1-5(2-7,3-8)4(9)10;/h6-8H,1-3H2,(H,9,10);/q;+1/p-1. The molecule has 5 nitrogen and oxygen atoms in total. The first-order valence-corrected chi connectivity index (χ1v) is 2.67. The van der Waals surface area contributed by atoms with Crippen LogP contribution in [0.2, 0.25) is 0 Å². The summed E-state index contributed by atoms with van der Waals surface area (Å²) in [5.41, 5.74) is -1.90.